The summed E-state index contributed by atoms with van der Waals surface area (Å²) in [7, 11) is 0. The maximum absolute atomic E-state index is 3.71. The van der Waals surface area contributed by atoms with Crippen molar-refractivity contribution in [1.82, 2.24) is 0 Å². The molecule has 1 aliphatic rings. The fraction of sp³-hybridized carbons (Fsp3) is 0.333. The summed E-state index contributed by atoms with van der Waals surface area (Å²) in [5.74, 6) is 5.06. The van der Waals surface area contributed by atoms with E-state index in [2.05, 4.69) is 57.2 Å². The molecule has 0 atom stereocenters. The van der Waals surface area contributed by atoms with Gasteiger partial charge in [0.1, 0.15) is 0 Å². The summed E-state index contributed by atoms with van der Waals surface area (Å²) in [6, 6.07) is 0. The molecule has 0 spiro atoms. The van der Waals surface area contributed by atoms with E-state index in [4.69, 9.17) is 0 Å². The van der Waals surface area contributed by atoms with E-state index in [0.29, 0.717) is 0 Å². The van der Waals surface area contributed by atoms with Crippen LogP contribution in [0.5, 0.6) is 0 Å². The van der Waals surface area contributed by atoms with Crippen LogP contribution >= 0.6 is 54.5 Å². The Hall–Kier alpha value is 0.903. The topological polar surface area (TPSA) is 0 Å². The SMILES string of the molecule is Cc1c(Br)sc2[c]1[Ge]([CH3])([CH3])[c]1c-2sc(Br)c1C. The molecule has 90 valence electrons. The number of hydrogen-bond acceptors (Lipinski definition) is 2. The molecule has 0 unspecified atom stereocenters. The van der Waals surface area contributed by atoms with E-state index in [9.17, 15) is 0 Å². The van der Waals surface area contributed by atoms with Crippen molar-refractivity contribution in [2.45, 2.75) is 25.4 Å². The van der Waals surface area contributed by atoms with Gasteiger partial charge in [-0.1, -0.05) is 0 Å². The van der Waals surface area contributed by atoms with Crippen LogP contribution in [0.4, 0.5) is 0 Å². The minimum atomic E-state index is -2.03. The molecule has 0 amide bonds. The Labute approximate surface area is 129 Å². The van der Waals surface area contributed by atoms with E-state index in [0.717, 1.165) is 0 Å². The van der Waals surface area contributed by atoms with E-state index in [1.807, 2.05) is 22.7 Å². The molecular formula is C12H12Br2GeS2. The van der Waals surface area contributed by atoms with E-state index >= 15 is 0 Å². The molecule has 0 aliphatic carbocycles. The first-order valence-electron chi connectivity index (χ1n) is 5.44. The van der Waals surface area contributed by atoms with Gasteiger partial charge < -0.3 is 0 Å². The van der Waals surface area contributed by atoms with Crippen LogP contribution in [0.15, 0.2) is 7.57 Å². The predicted octanol–water partition coefficient (Wildman–Crippen LogP) is 4.75. The zero-order valence-electron chi connectivity index (χ0n) is 10.1. The van der Waals surface area contributed by atoms with Crippen LogP contribution in [0.2, 0.25) is 11.5 Å². The van der Waals surface area contributed by atoms with Crippen molar-refractivity contribution in [3.63, 3.8) is 0 Å². The van der Waals surface area contributed by atoms with Crippen molar-refractivity contribution >= 4 is 76.6 Å². The average Bonchev–Trinajstić information content (AvgIpc) is 2.75. The second-order valence-electron chi connectivity index (χ2n) is 5.03. The summed E-state index contributed by atoms with van der Waals surface area (Å²) >= 11 is 9.24. The molecule has 0 N–H and O–H groups in total. The van der Waals surface area contributed by atoms with Gasteiger partial charge in [-0.3, -0.25) is 0 Å². The standard InChI is InChI=1S/C12H12Br2GeS2/c1-5-7-9(16-11(5)13)10-8(15(7,3)4)6(2)12(14)17-10/h1-4H3. The number of halogens is 2. The van der Waals surface area contributed by atoms with E-state index in [-0.39, 0.29) is 0 Å². The van der Waals surface area contributed by atoms with Gasteiger partial charge in [-0.2, -0.15) is 0 Å². The predicted molar refractivity (Wildman–Crippen MR) is 89.3 cm³/mol. The van der Waals surface area contributed by atoms with Gasteiger partial charge in [0.15, 0.2) is 0 Å². The van der Waals surface area contributed by atoms with Gasteiger partial charge >= 0.3 is 130 Å². The van der Waals surface area contributed by atoms with Crippen molar-refractivity contribution in [2.24, 2.45) is 0 Å². The summed E-state index contributed by atoms with van der Waals surface area (Å²) in [5, 5.41) is 0. The Kier molecular flexibility index (Phi) is 3.00. The molecule has 0 saturated carbocycles. The Morgan fingerprint density at radius 1 is 0.824 bits per heavy atom. The van der Waals surface area contributed by atoms with Crippen LogP contribution in [0, 0.1) is 13.8 Å². The zero-order chi connectivity index (χ0) is 12.5. The second kappa shape index (κ2) is 3.95. The molecule has 0 bridgehead atoms. The Balaban J connectivity index is 2.44. The normalized spacial score (nSPS) is 16.1. The van der Waals surface area contributed by atoms with Crippen LogP contribution in [-0.4, -0.2) is 13.3 Å². The third-order valence-electron chi connectivity index (χ3n) is 3.63. The quantitative estimate of drug-likeness (QED) is 0.506. The van der Waals surface area contributed by atoms with Crippen LogP contribution in [0.1, 0.15) is 11.1 Å². The number of rotatable bonds is 0. The molecule has 3 heterocycles. The molecule has 2 aromatic rings. The van der Waals surface area contributed by atoms with Gasteiger partial charge in [0, 0.05) is 0 Å². The van der Waals surface area contributed by atoms with Crippen LogP contribution < -0.4 is 8.79 Å². The molecular weight excluding hydrogens is 441 g/mol. The van der Waals surface area contributed by atoms with E-state index in [1.54, 1.807) is 18.5 Å². The van der Waals surface area contributed by atoms with Gasteiger partial charge in [-0.25, -0.2) is 0 Å². The molecule has 17 heavy (non-hydrogen) atoms. The van der Waals surface area contributed by atoms with Gasteiger partial charge in [0.2, 0.25) is 0 Å². The summed E-state index contributed by atoms with van der Waals surface area (Å²) in [6.45, 7) is 4.54. The molecule has 5 heteroatoms. The van der Waals surface area contributed by atoms with Crippen molar-refractivity contribution in [2.75, 3.05) is 0 Å². The minimum absolute atomic E-state index is 1.33. The molecule has 0 nitrogen and oxygen atoms in total. The summed E-state index contributed by atoms with van der Waals surface area (Å²) < 4.78 is 6.07. The number of thiophene rings is 2. The van der Waals surface area contributed by atoms with Crippen molar-refractivity contribution < 1.29 is 0 Å². The Morgan fingerprint density at radius 3 is 1.53 bits per heavy atom. The number of hydrogen-bond donors (Lipinski definition) is 0. The third kappa shape index (κ3) is 1.57. The van der Waals surface area contributed by atoms with Crippen molar-refractivity contribution in [1.29, 1.82) is 0 Å². The number of fused-ring (bicyclic) bond motifs is 3. The first-order chi connectivity index (χ1) is 7.85. The first kappa shape index (κ1) is 12.9. The summed E-state index contributed by atoms with van der Waals surface area (Å²) in [4.78, 5) is 3.10. The van der Waals surface area contributed by atoms with Gasteiger partial charge in [-0.05, 0) is 0 Å². The van der Waals surface area contributed by atoms with Gasteiger partial charge in [0.05, 0.1) is 0 Å². The molecule has 1 aliphatic heterocycles. The molecule has 0 radical (unpaired) electrons. The van der Waals surface area contributed by atoms with Crippen LogP contribution in [0.3, 0.4) is 0 Å². The van der Waals surface area contributed by atoms with Crippen molar-refractivity contribution in [3.8, 4) is 9.75 Å². The summed E-state index contributed by atoms with van der Waals surface area (Å²) in [5.41, 5.74) is 2.99. The Morgan fingerprint density at radius 2 is 1.18 bits per heavy atom. The van der Waals surface area contributed by atoms with Crippen LogP contribution in [-0.2, 0) is 0 Å². The van der Waals surface area contributed by atoms with Gasteiger partial charge in [0.25, 0.3) is 0 Å². The third-order valence-corrected chi connectivity index (χ3v) is 16.7. The fourth-order valence-electron chi connectivity index (χ4n) is 2.92. The molecule has 0 saturated heterocycles. The maximum atomic E-state index is 3.71. The Bertz CT molecular complexity index is 583. The monoisotopic (exact) mass is 452 g/mol. The average molecular weight is 453 g/mol. The van der Waals surface area contributed by atoms with Crippen LogP contribution in [0.25, 0.3) is 9.75 Å². The molecule has 3 rings (SSSR count). The fourth-order valence-corrected chi connectivity index (χ4v) is 19.0. The zero-order valence-corrected chi connectivity index (χ0v) is 17.0. The van der Waals surface area contributed by atoms with Gasteiger partial charge in [-0.15, -0.1) is 0 Å². The summed E-state index contributed by atoms with van der Waals surface area (Å²) in [6.07, 6.45) is 0. The van der Waals surface area contributed by atoms with E-state index < -0.39 is 13.3 Å². The molecule has 0 fully saturated rings. The molecule has 0 aromatic carbocycles. The van der Waals surface area contributed by atoms with E-state index in [1.165, 1.54) is 18.7 Å². The molecule has 2 aromatic heterocycles. The van der Waals surface area contributed by atoms with Crippen molar-refractivity contribution in [3.05, 3.63) is 18.7 Å². The second-order valence-corrected chi connectivity index (χ2v) is 18.6. The first-order valence-corrected chi connectivity index (χ1v) is 15.0.